The Morgan fingerprint density at radius 1 is 0.944 bits per heavy atom. The Morgan fingerprint density at radius 2 is 1.69 bits per heavy atom. The predicted molar refractivity (Wildman–Crippen MR) is 139 cm³/mol. The van der Waals surface area contributed by atoms with E-state index in [0.29, 0.717) is 22.5 Å². The number of carbonyl (C=O) groups is 1. The number of benzene rings is 3. The van der Waals surface area contributed by atoms with Crippen LogP contribution in [0.4, 0.5) is 0 Å². The Morgan fingerprint density at radius 3 is 2.39 bits per heavy atom. The number of amides is 1. The first-order valence-electron chi connectivity index (χ1n) is 10.9. The number of thioether (sulfide) groups is 1. The molecule has 4 aromatic rings. The van der Waals surface area contributed by atoms with Crippen LogP contribution < -0.4 is 19.6 Å². The van der Waals surface area contributed by atoms with E-state index in [-0.39, 0.29) is 11.7 Å². The van der Waals surface area contributed by atoms with Crippen molar-refractivity contribution in [1.82, 2.24) is 20.2 Å². The number of rotatable bonds is 10. The van der Waals surface area contributed by atoms with Gasteiger partial charge in [-0.25, -0.2) is 5.43 Å². The minimum atomic E-state index is -0.264. The monoisotopic (exact) mass is 503 g/mol. The molecule has 184 valence electrons. The summed E-state index contributed by atoms with van der Waals surface area (Å²) < 4.78 is 17.8. The largest absolute Gasteiger partial charge is 0.497 e. The van der Waals surface area contributed by atoms with Crippen molar-refractivity contribution in [3.8, 4) is 34.3 Å². The molecule has 4 rings (SSSR count). The van der Waals surface area contributed by atoms with Crippen molar-refractivity contribution in [2.45, 2.75) is 5.16 Å². The number of hydrogen-bond acceptors (Lipinski definition) is 8. The molecule has 0 fully saturated rings. The molecule has 0 aliphatic heterocycles. The van der Waals surface area contributed by atoms with Gasteiger partial charge in [-0.15, -0.1) is 10.2 Å². The lowest BCUT2D eigenvalue weighted by Gasteiger charge is -2.12. The molecule has 0 spiro atoms. The average Bonchev–Trinajstić information content (AvgIpc) is 3.36. The molecule has 1 amide bonds. The molecule has 1 heterocycles. The molecular weight excluding hydrogens is 478 g/mol. The molecule has 1 aromatic heterocycles. The normalized spacial score (nSPS) is 10.9. The van der Waals surface area contributed by atoms with Crippen molar-refractivity contribution in [3.05, 3.63) is 78.4 Å². The second-order valence-electron chi connectivity index (χ2n) is 7.40. The van der Waals surface area contributed by atoms with Gasteiger partial charge in [0.25, 0.3) is 5.91 Å². The molecule has 36 heavy (non-hydrogen) atoms. The number of aromatic nitrogens is 3. The second-order valence-corrected chi connectivity index (χ2v) is 8.34. The fourth-order valence-electron chi connectivity index (χ4n) is 3.37. The van der Waals surface area contributed by atoms with Crippen molar-refractivity contribution in [2.75, 3.05) is 27.1 Å². The third-order valence-corrected chi connectivity index (χ3v) is 6.07. The van der Waals surface area contributed by atoms with Gasteiger partial charge >= 0.3 is 0 Å². The minimum absolute atomic E-state index is 0.108. The zero-order valence-electron chi connectivity index (χ0n) is 20.0. The lowest BCUT2D eigenvalue weighted by Crippen LogP contribution is -2.20. The molecule has 0 unspecified atom stereocenters. The van der Waals surface area contributed by atoms with Crippen LogP contribution in [-0.4, -0.2) is 54.0 Å². The van der Waals surface area contributed by atoms with Crippen molar-refractivity contribution >= 4 is 23.9 Å². The molecule has 10 heteroatoms. The number of hydrazone groups is 1. The number of nitrogens with zero attached hydrogens (tertiary/aromatic N) is 4. The van der Waals surface area contributed by atoms with Gasteiger partial charge in [-0.05, 0) is 60.2 Å². The van der Waals surface area contributed by atoms with Gasteiger partial charge in [0.05, 0.1) is 33.3 Å². The number of carbonyl (C=O) groups excluding carboxylic acids is 1. The van der Waals surface area contributed by atoms with E-state index >= 15 is 0 Å². The maximum atomic E-state index is 12.4. The molecule has 0 saturated heterocycles. The van der Waals surface area contributed by atoms with E-state index in [0.717, 1.165) is 22.6 Å². The highest BCUT2D eigenvalue weighted by atomic mass is 32.2. The molecule has 0 aliphatic carbocycles. The van der Waals surface area contributed by atoms with E-state index in [9.17, 15) is 4.79 Å². The number of para-hydroxylation sites is 1. The molecule has 0 saturated carbocycles. The Kier molecular flexibility index (Phi) is 8.20. The summed E-state index contributed by atoms with van der Waals surface area (Å²) in [7, 11) is 4.78. The van der Waals surface area contributed by atoms with Gasteiger partial charge in [-0.2, -0.15) is 5.10 Å². The van der Waals surface area contributed by atoms with Gasteiger partial charge < -0.3 is 14.2 Å². The van der Waals surface area contributed by atoms with Crippen LogP contribution in [0.1, 0.15) is 5.56 Å². The number of hydrogen-bond donors (Lipinski definition) is 1. The molecule has 0 atom stereocenters. The van der Waals surface area contributed by atoms with Gasteiger partial charge in [0.15, 0.2) is 22.5 Å². The summed E-state index contributed by atoms with van der Waals surface area (Å²) >= 11 is 1.27. The summed E-state index contributed by atoms with van der Waals surface area (Å²) in [5, 5.41) is 13.4. The smallest absolute Gasteiger partial charge is 0.250 e. The van der Waals surface area contributed by atoms with Crippen LogP contribution in [0, 0.1) is 0 Å². The van der Waals surface area contributed by atoms with Crippen LogP contribution >= 0.6 is 11.8 Å². The summed E-state index contributed by atoms with van der Waals surface area (Å²) in [4.78, 5) is 12.4. The van der Waals surface area contributed by atoms with E-state index in [4.69, 9.17) is 14.2 Å². The molecule has 0 aliphatic rings. The van der Waals surface area contributed by atoms with Crippen molar-refractivity contribution in [3.63, 3.8) is 0 Å². The fraction of sp³-hybridized carbons (Fsp3) is 0.154. The Labute approximate surface area is 213 Å². The van der Waals surface area contributed by atoms with Crippen LogP contribution in [0.5, 0.6) is 17.2 Å². The van der Waals surface area contributed by atoms with Gasteiger partial charge in [-0.1, -0.05) is 30.0 Å². The summed E-state index contributed by atoms with van der Waals surface area (Å²) in [6.07, 6.45) is 1.57. The van der Waals surface area contributed by atoms with Crippen LogP contribution in [-0.2, 0) is 4.79 Å². The van der Waals surface area contributed by atoms with E-state index in [2.05, 4.69) is 20.7 Å². The summed E-state index contributed by atoms with van der Waals surface area (Å²) in [5.74, 6) is 2.41. The van der Waals surface area contributed by atoms with Gasteiger partial charge in [0.2, 0.25) is 0 Å². The SMILES string of the molecule is COc1ccc(C=NNC(=O)CSc2nnc(-c3ccc(OC)c(OC)c3)n2-c2ccccc2)cc1. The quantitative estimate of drug-likeness (QED) is 0.197. The third kappa shape index (κ3) is 5.84. The number of methoxy groups -OCH3 is 3. The lowest BCUT2D eigenvalue weighted by atomic mass is 10.2. The van der Waals surface area contributed by atoms with E-state index in [1.807, 2.05) is 77.4 Å². The molecule has 0 radical (unpaired) electrons. The first kappa shape index (κ1) is 24.8. The summed E-state index contributed by atoms with van der Waals surface area (Å²) in [6, 6.07) is 22.6. The van der Waals surface area contributed by atoms with E-state index in [1.54, 1.807) is 27.5 Å². The zero-order chi connectivity index (χ0) is 25.3. The van der Waals surface area contributed by atoms with E-state index in [1.165, 1.54) is 11.8 Å². The zero-order valence-corrected chi connectivity index (χ0v) is 20.9. The third-order valence-electron chi connectivity index (χ3n) is 5.14. The highest BCUT2D eigenvalue weighted by Crippen LogP contribution is 2.34. The molecular formula is C26H25N5O4S. The van der Waals surface area contributed by atoms with Gasteiger partial charge in [0, 0.05) is 11.3 Å². The highest BCUT2D eigenvalue weighted by molar-refractivity contribution is 7.99. The highest BCUT2D eigenvalue weighted by Gasteiger charge is 2.18. The number of nitrogens with one attached hydrogen (secondary N) is 1. The average molecular weight is 504 g/mol. The first-order valence-corrected chi connectivity index (χ1v) is 11.9. The topological polar surface area (TPSA) is 99.9 Å². The van der Waals surface area contributed by atoms with Crippen LogP contribution in [0.25, 0.3) is 17.1 Å². The Bertz CT molecular complexity index is 1340. The Balaban J connectivity index is 1.51. The van der Waals surface area contributed by atoms with Crippen LogP contribution in [0.2, 0.25) is 0 Å². The maximum absolute atomic E-state index is 12.4. The Hall–Kier alpha value is -4.31. The molecule has 9 nitrogen and oxygen atoms in total. The van der Waals surface area contributed by atoms with Gasteiger partial charge in [0.1, 0.15) is 5.75 Å². The van der Waals surface area contributed by atoms with Crippen molar-refractivity contribution in [2.24, 2.45) is 5.10 Å². The number of ether oxygens (including phenoxy) is 3. The molecule has 3 aromatic carbocycles. The summed E-state index contributed by atoms with van der Waals surface area (Å²) in [5.41, 5.74) is 5.05. The minimum Gasteiger partial charge on any atom is -0.497 e. The first-order chi connectivity index (χ1) is 17.6. The van der Waals surface area contributed by atoms with Gasteiger partial charge in [-0.3, -0.25) is 9.36 Å². The van der Waals surface area contributed by atoms with Crippen LogP contribution in [0.15, 0.2) is 83.1 Å². The maximum Gasteiger partial charge on any atom is 0.250 e. The fourth-order valence-corrected chi connectivity index (χ4v) is 4.11. The van der Waals surface area contributed by atoms with E-state index < -0.39 is 0 Å². The molecule has 0 bridgehead atoms. The molecule has 1 N–H and O–H groups in total. The standard InChI is InChI=1S/C26H25N5O4S/c1-33-21-12-9-18(10-13-21)16-27-28-24(32)17-36-26-30-29-25(31(26)20-7-5-4-6-8-20)19-11-14-22(34-2)23(15-19)35-3/h4-16H,17H2,1-3H3,(H,28,32). The summed E-state index contributed by atoms with van der Waals surface area (Å²) in [6.45, 7) is 0. The van der Waals surface area contributed by atoms with Crippen LogP contribution in [0.3, 0.4) is 0 Å². The van der Waals surface area contributed by atoms with Crippen molar-refractivity contribution in [1.29, 1.82) is 0 Å². The predicted octanol–water partition coefficient (Wildman–Crippen LogP) is 4.20. The second kappa shape index (κ2) is 11.9. The van der Waals surface area contributed by atoms with Crippen molar-refractivity contribution < 1.29 is 19.0 Å². The lowest BCUT2D eigenvalue weighted by molar-refractivity contribution is -0.118.